The fourth-order valence-corrected chi connectivity index (χ4v) is 2.61. The van der Waals surface area contributed by atoms with Crippen LogP contribution in [0.4, 0.5) is 0 Å². The zero-order valence-electron chi connectivity index (χ0n) is 16.9. The first-order chi connectivity index (χ1) is 13.4. The molecule has 1 amide bonds. The molecule has 6 nitrogen and oxygen atoms in total. The third-order valence-electron chi connectivity index (χ3n) is 4.29. The van der Waals surface area contributed by atoms with Gasteiger partial charge in [-0.3, -0.25) is 9.59 Å². The summed E-state index contributed by atoms with van der Waals surface area (Å²) in [6.45, 7) is 4.20. The van der Waals surface area contributed by atoms with Crippen LogP contribution in [0.25, 0.3) is 0 Å². The molecular weight excluding hydrogens is 358 g/mol. The van der Waals surface area contributed by atoms with Crippen LogP contribution in [0.5, 0.6) is 11.5 Å². The molecule has 150 valence electrons. The predicted octanol–water partition coefficient (Wildman–Crippen LogP) is 3.28. The Hall–Kier alpha value is -3.02. The molecule has 0 radical (unpaired) electrons. The molecule has 28 heavy (non-hydrogen) atoms. The maximum Gasteiger partial charge on any atom is 0.309 e. The van der Waals surface area contributed by atoms with E-state index in [1.807, 2.05) is 56.3 Å². The molecule has 6 heteroatoms. The lowest BCUT2D eigenvalue weighted by molar-refractivity contribution is -0.152. The molecule has 2 aromatic rings. The van der Waals surface area contributed by atoms with Crippen molar-refractivity contribution < 1.29 is 23.8 Å². The fourth-order valence-electron chi connectivity index (χ4n) is 2.61. The molecule has 0 atom stereocenters. The molecule has 0 saturated carbocycles. The SMILES string of the molecule is COc1ccccc1CN(C)C(=O)COC(=O)CCOc1cc(C)ccc1C. The van der Waals surface area contributed by atoms with Gasteiger partial charge in [0.15, 0.2) is 6.61 Å². The number of likely N-dealkylation sites (N-methyl/N-ethyl adjacent to an activating group) is 1. The molecule has 0 aliphatic rings. The van der Waals surface area contributed by atoms with Crippen molar-refractivity contribution in [3.05, 3.63) is 59.2 Å². The average molecular weight is 385 g/mol. The van der Waals surface area contributed by atoms with Crippen molar-refractivity contribution in [2.45, 2.75) is 26.8 Å². The highest BCUT2D eigenvalue weighted by Crippen LogP contribution is 2.20. The van der Waals surface area contributed by atoms with E-state index in [9.17, 15) is 9.59 Å². The van der Waals surface area contributed by atoms with Crippen LogP contribution in [0.1, 0.15) is 23.1 Å². The highest BCUT2D eigenvalue weighted by molar-refractivity contribution is 5.80. The van der Waals surface area contributed by atoms with Crippen molar-refractivity contribution in [2.24, 2.45) is 0 Å². The fraction of sp³-hybridized carbons (Fsp3) is 0.364. The van der Waals surface area contributed by atoms with Gasteiger partial charge in [-0.25, -0.2) is 0 Å². The van der Waals surface area contributed by atoms with E-state index in [0.29, 0.717) is 12.3 Å². The molecule has 0 aliphatic carbocycles. The van der Waals surface area contributed by atoms with E-state index in [1.165, 1.54) is 4.90 Å². The van der Waals surface area contributed by atoms with Crippen LogP contribution in [0, 0.1) is 13.8 Å². The number of esters is 1. The summed E-state index contributed by atoms with van der Waals surface area (Å²) >= 11 is 0. The number of benzene rings is 2. The lowest BCUT2D eigenvalue weighted by Gasteiger charge is -2.18. The number of aryl methyl sites for hydroxylation is 2. The summed E-state index contributed by atoms with van der Waals surface area (Å²) < 4.78 is 16.0. The minimum atomic E-state index is -0.468. The third kappa shape index (κ3) is 6.30. The van der Waals surface area contributed by atoms with E-state index in [-0.39, 0.29) is 25.5 Å². The summed E-state index contributed by atoms with van der Waals surface area (Å²) in [6, 6.07) is 13.4. The molecule has 0 aliphatic heterocycles. The van der Waals surface area contributed by atoms with E-state index in [2.05, 4.69) is 0 Å². The zero-order valence-corrected chi connectivity index (χ0v) is 16.9. The summed E-state index contributed by atoms with van der Waals surface area (Å²) in [5, 5.41) is 0. The Bertz CT molecular complexity index is 818. The first-order valence-electron chi connectivity index (χ1n) is 9.12. The molecule has 0 heterocycles. The number of carbonyl (C=O) groups excluding carboxylic acids is 2. The minimum Gasteiger partial charge on any atom is -0.496 e. The Morgan fingerprint density at radius 2 is 1.79 bits per heavy atom. The maximum atomic E-state index is 12.2. The Morgan fingerprint density at radius 1 is 1.04 bits per heavy atom. The van der Waals surface area contributed by atoms with Gasteiger partial charge in [-0.05, 0) is 37.1 Å². The number of hydrogen-bond acceptors (Lipinski definition) is 5. The van der Waals surface area contributed by atoms with E-state index in [0.717, 1.165) is 22.4 Å². The smallest absolute Gasteiger partial charge is 0.309 e. The van der Waals surface area contributed by atoms with E-state index >= 15 is 0 Å². The van der Waals surface area contributed by atoms with E-state index in [4.69, 9.17) is 14.2 Å². The molecule has 0 aromatic heterocycles. The van der Waals surface area contributed by atoms with Crippen molar-refractivity contribution in [3.63, 3.8) is 0 Å². The largest absolute Gasteiger partial charge is 0.496 e. The normalized spacial score (nSPS) is 10.3. The van der Waals surface area contributed by atoms with Gasteiger partial charge in [0.05, 0.1) is 20.1 Å². The lowest BCUT2D eigenvalue weighted by Crippen LogP contribution is -2.31. The highest BCUT2D eigenvalue weighted by Gasteiger charge is 2.14. The number of nitrogens with zero attached hydrogens (tertiary/aromatic N) is 1. The summed E-state index contributed by atoms with van der Waals surface area (Å²) in [4.78, 5) is 25.6. The van der Waals surface area contributed by atoms with Crippen molar-refractivity contribution in [2.75, 3.05) is 27.4 Å². The Labute approximate surface area is 166 Å². The number of para-hydroxylation sites is 1. The van der Waals surface area contributed by atoms with Gasteiger partial charge in [-0.1, -0.05) is 30.3 Å². The standard InChI is InChI=1S/C22H27NO5/c1-16-9-10-17(2)20(13-16)27-12-11-22(25)28-15-21(24)23(3)14-18-7-5-6-8-19(18)26-4/h5-10,13H,11-12,14-15H2,1-4H3. The van der Waals surface area contributed by atoms with Gasteiger partial charge in [-0.15, -0.1) is 0 Å². The molecular formula is C22H27NO5. The summed E-state index contributed by atoms with van der Waals surface area (Å²) in [5.74, 6) is 0.710. The number of methoxy groups -OCH3 is 1. The molecule has 0 unspecified atom stereocenters. The molecule has 0 spiro atoms. The van der Waals surface area contributed by atoms with Crippen LogP contribution in [0.15, 0.2) is 42.5 Å². The molecule has 0 bridgehead atoms. The van der Waals surface area contributed by atoms with Crippen LogP contribution in [-0.2, 0) is 20.9 Å². The maximum absolute atomic E-state index is 12.2. The van der Waals surface area contributed by atoms with Gasteiger partial charge in [0.25, 0.3) is 5.91 Å². The van der Waals surface area contributed by atoms with Crippen molar-refractivity contribution >= 4 is 11.9 Å². The number of carbonyl (C=O) groups is 2. The second-order valence-corrected chi connectivity index (χ2v) is 6.59. The van der Waals surface area contributed by atoms with Crippen molar-refractivity contribution in [3.8, 4) is 11.5 Å². The molecule has 0 N–H and O–H groups in total. The van der Waals surface area contributed by atoms with Crippen LogP contribution in [-0.4, -0.2) is 44.1 Å². The van der Waals surface area contributed by atoms with Crippen molar-refractivity contribution in [1.82, 2.24) is 4.90 Å². The predicted molar refractivity (Wildman–Crippen MR) is 106 cm³/mol. The van der Waals surface area contributed by atoms with Crippen molar-refractivity contribution in [1.29, 1.82) is 0 Å². The lowest BCUT2D eigenvalue weighted by atomic mass is 10.1. The van der Waals surface area contributed by atoms with Crippen LogP contribution < -0.4 is 9.47 Å². The quantitative estimate of drug-likeness (QED) is 0.620. The number of rotatable bonds is 9. The average Bonchev–Trinajstić information content (AvgIpc) is 2.69. The first-order valence-corrected chi connectivity index (χ1v) is 9.12. The summed E-state index contributed by atoms with van der Waals surface area (Å²) in [6.07, 6.45) is 0.0802. The van der Waals surface area contributed by atoms with Gasteiger partial charge in [0.1, 0.15) is 11.5 Å². The van der Waals surface area contributed by atoms with Gasteiger partial charge in [-0.2, -0.15) is 0 Å². The number of hydrogen-bond donors (Lipinski definition) is 0. The number of amides is 1. The van der Waals surface area contributed by atoms with Gasteiger partial charge in [0, 0.05) is 19.2 Å². The van der Waals surface area contributed by atoms with Gasteiger partial charge < -0.3 is 19.1 Å². The second kappa shape index (κ2) is 10.3. The van der Waals surface area contributed by atoms with Crippen LogP contribution in [0.2, 0.25) is 0 Å². The minimum absolute atomic E-state index is 0.0802. The van der Waals surface area contributed by atoms with Gasteiger partial charge in [0.2, 0.25) is 0 Å². The first kappa shape index (κ1) is 21.3. The van der Waals surface area contributed by atoms with Gasteiger partial charge >= 0.3 is 5.97 Å². The number of ether oxygens (including phenoxy) is 3. The monoisotopic (exact) mass is 385 g/mol. The summed E-state index contributed by atoms with van der Waals surface area (Å²) in [7, 11) is 3.25. The molecule has 0 fully saturated rings. The van der Waals surface area contributed by atoms with Crippen LogP contribution in [0.3, 0.4) is 0 Å². The second-order valence-electron chi connectivity index (χ2n) is 6.59. The summed E-state index contributed by atoms with van der Waals surface area (Å²) in [5.41, 5.74) is 2.98. The van der Waals surface area contributed by atoms with E-state index < -0.39 is 5.97 Å². The van der Waals surface area contributed by atoms with E-state index in [1.54, 1.807) is 14.2 Å². The topological polar surface area (TPSA) is 65.1 Å². The Balaban J connectivity index is 1.74. The zero-order chi connectivity index (χ0) is 20.5. The third-order valence-corrected chi connectivity index (χ3v) is 4.29. The Kier molecular flexibility index (Phi) is 7.87. The highest BCUT2D eigenvalue weighted by atomic mass is 16.5. The Morgan fingerprint density at radius 3 is 2.54 bits per heavy atom. The molecule has 0 saturated heterocycles. The molecule has 2 rings (SSSR count). The molecule has 2 aromatic carbocycles. The van der Waals surface area contributed by atoms with Crippen LogP contribution >= 0.6 is 0 Å².